The molecule has 0 radical (unpaired) electrons. The molecule has 0 aromatic carbocycles. The van der Waals surface area contributed by atoms with E-state index in [1.54, 1.807) is 29.6 Å². The lowest BCUT2D eigenvalue weighted by Crippen LogP contribution is -2.31. The van der Waals surface area contributed by atoms with Crippen molar-refractivity contribution in [3.63, 3.8) is 0 Å². The zero-order valence-electron chi connectivity index (χ0n) is 17.7. The molecule has 3 rings (SSSR count). The van der Waals surface area contributed by atoms with Gasteiger partial charge >= 0.3 is 5.69 Å². The molecular weight excluding hydrogens is 386 g/mol. The van der Waals surface area contributed by atoms with Gasteiger partial charge in [-0.3, -0.25) is 24.0 Å². The Balaban J connectivity index is 1.78. The number of amides is 1. The first-order valence-electron chi connectivity index (χ1n) is 9.90. The summed E-state index contributed by atoms with van der Waals surface area (Å²) in [4.78, 5) is 49.9. The summed E-state index contributed by atoms with van der Waals surface area (Å²) in [5, 5.41) is 2.77. The van der Waals surface area contributed by atoms with Crippen LogP contribution in [0.15, 0.2) is 27.8 Å². The predicted molar refractivity (Wildman–Crippen MR) is 114 cm³/mol. The Morgan fingerprint density at radius 1 is 1.27 bits per heavy atom. The fraction of sp³-hybridized carbons (Fsp3) is 0.450. The van der Waals surface area contributed by atoms with E-state index in [1.165, 1.54) is 4.57 Å². The van der Waals surface area contributed by atoms with Gasteiger partial charge in [0.1, 0.15) is 11.6 Å². The first-order chi connectivity index (χ1) is 14.3. The van der Waals surface area contributed by atoms with Crippen molar-refractivity contribution < 1.29 is 4.79 Å². The highest BCUT2D eigenvalue weighted by Crippen LogP contribution is 2.12. The number of pyridine rings is 1. The molecule has 3 heterocycles. The van der Waals surface area contributed by atoms with E-state index in [0.717, 1.165) is 18.5 Å². The van der Waals surface area contributed by atoms with Crippen molar-refractivity contribution in [2.45, 2.75) is 39.8 Å². The molecule has 10 nitrogen and oxygen atoms in total. The van der Waals surface area contributed by atoms with Crippen molar-refractivity contribution in [1.82, 2.24) is 29.0 Å². The Labute approximate surface area is 173 Å². The van der Waals surface area contributed by atoms with Crippen LogP contribution in [0.2, 0.25) is 0 Å². The van der Waals surface area contributed by atoms with Crippen LogP contribution < -0.4 is 16.6 Å². The van der Waals surface area contributed by atoms with Crippen LogP contribution in [0.4, 0.5) is 5.82 Å². The highest BCUT2D eigenvalue weighted by atomic mass is 16.2. The second-order valence-electron chi connectivity index (χ2n) is 7.41. The van der Waals surface area contributed by atoms with E-state index in [-0.39, 0.29) is 12.5 Å². The van der Waals surface area contributed by atoms with E-state index >= 15 is 0 Å². The van der Waals surface area contributed by atoms with Gasteiger partial charge in [-0.05, 0) is 32.5 Å². The fourth-order valence-corrected chi connectivity index (χ4v) is 3.29. The minimum atomic E-state index is -0.463. The molecule has 0 saturated carbocycles. The number of rotatable bonds is 8. The lowest BCUT2D eigenvalue weighted by molar-refractivity contribution is -0.117. The molecule has 0 atom stereocenters. The van der Waals surface area contributed by atoms with Crippen molar-refractivity contribution in [3.8, 4) is 0 Å². The highest BCUT2D eigenvalue weighted by molar-refractivity contribution is 5.91. The van der Waals surface area contributed by atoms with E-state index in [1.807, 2.05) is 26.0 Å². The second kappa shape index (κ2) is 9.04. The molecule has 0 fully saturated rings. The van der Waals surface area contributed by atoms with Crippen LogP contribution in [0.5, 0.6) is 0 Å². The number of fused-ring (bicyclic) bond motifs is 1. The second-order valence-corrected chi connectivity index (χ2v) is 7.41. The lowest BCUT2D eigenvalue weighted by atomic mass is 10.3. The summed E-state index contributed by atoms with van der Waals surface area (Å²) >= 11 is 0. The summed E-state index contributed by atoms with van der Waals surface area (Å²) in [5.74, 6) is 0.894. The predicted octanol–water partition coefficient (Wildman–Crippen LogP) is 0.997. The van der Waals surface area contributed by atoms with E-state index < -0.39 is 11.2 Å². The molecule has 1 amide bonds. The quantitative estimate of drug-likeness (QED) is 0.569. The number of nitrogens with zero attached hydrogens (tertiary/aromatic N) is 5. The number of aryl methyl sites for hydroxylation is 3. The molecule has 0 unspecified atom stereocenters. The van der Waals surface area contributed by atoms with Gasteiger partial charge in [-0.25, -0.2) is 14.8 Å². The first kappa shape index (κ1) is 21.4. The number of aromatic nitrogens is 5. The van der Waals surface area contributed by atoms with Crippen LogP contribution in [-0.2, 0) is 24.9 Å². The van der Waals surface area contributed by atoms with Gasteiger partial charge in [0.2, 0.25) is 5.91 Å². The third kappa shape index (κ3) is 4.65. The summed E-state index contributed by atoms with van der Waals surface area (Å²) in [6.45, 7) is 4.83. The number of H-pyrrole nitrogens is 1. The highest BCUT2D eigenvalue weighted by Gasteiger charge is 2.18. The number of hydrogen-bond donors (Lipinski definition) is 2. The Bertz CT molecular complexity index is 1180. The van der Waals surface area contributed by atoms with Gasteiger partial charge in [-0.1, -0.05) is 19.4 Å². The van der Waals surface area contributed by atoms with Gasteiger partial charge in [0.25, 0.3) is 5.56 Å². The maximum atomic E-state index is 12.3. The van der Waals surface area contributed by atoms with Crippen molar-refractivity contribution in [2.24, 2.45) is 7.05 Å². The van der Waals surface area contributed by atoms with Crippen LogP contribution in [0.25, 0.3) is 11.2 Å². The van der Waals surface area contributed by atoms with Crippen molar-refractivity contribution >= 4 is 22.9 Å². The Morgan fingerprint density at radius 3 is 2.73 bits per heavy atom. The zero-order valence-corrected chi connectivity index (χ0v) is 17.7. The molecule has 0 saturated heterocycles. The number of anilines is 1. The maximum Gasteiger partial charge on any atom is 0.330 e. The summed E-state index contributed by atoms with van der Waals surface area (Å²) in [7, 11) is 3.52. The zero-order chi connectivity index (χ0) is 21.8. The fourth-order valence-electron chi connectivity index (χ4n) is 3.29. The number of aromatic amines is 1. The van der Waals surface area contributed by atoms with Crippen molar-refractivity contribution in [1.29, 1.82) is 0 Å². The number of likely N-dealkylation sites (N-methyl/N-ethyl adjacent to an activating group) is 1. The van der Waals surface area contributed by atoms with Crippen LogP contribution >= 0.6 is 0 Å². The average Bonchev–Trinajstić information content (AvgIpc) is 2.97. The smallest absolute Gasteiger partial charge is 0.324 e. The molecule has 0 aliphatic rings. The third-order valence-corrected chi connectivity index (χ3v) is 4.82. The van der Waals surface area contributed by atoms with Crippen LogP contribution in [0.1, 0.15) is 31.3 Å². The number of imidazole rings is 1. The van der Waals surface area contributed by atoms with Gasteiger partial charge < -0.3 is 9.88 Å². The van der Waals surface area contributed by atoms with Crippen molar-refractivity contribution in [3.05, 3.63) is 50.6 Å². The molecule has 0 aliphatic carbocycles. The molecule has 10 heteroatoms. The SMILES string of the molecule is CCCCn1c(=O)[nH]c(=O)c2c1nc(CN(C)CC(=O)Nc1cccc(C)n1)n2C. The average molecular weight is 413 g/mol. The monoisotopic (exact) mass is 413 g/mol. The minimum absolute atomic E-state index is 0.123. The van der Waals surface area contributed by atoms with Gasteiger partial charge in [0.05, 0.1) is 13.1 Å². The molecule has 2 N–H and O–H groups in total. The first-order valence-corrected chi connectivity index (χ1v) is 9.90. The Kier molecular flexibility index (Phi) is 6.46. The summed E-state index contributed by atoms with van der Waals surface area (Å²) < 4.78 is 3.17. The number of nitrogens with one attached hydrogen (secondary N) is 2. The summed E-state index contributed by atoms with van der Waals surface area (Å²) in [6, 6.07) is 5.42. The van der Waals surface area contributed by atoms with E-state index in [0.29, 0.717) is 35.9 Å². The molecule has 160 valence electrons. The van der Waals surface area contributed by atoms with Crippen LogP contribution in [-0.4, -0.2) is 48.5 Å². The third-order valence-electron chi connectivity index (χ3n) is 4.82. The number of hydrogen-bond acceptors (Lipinski definition) is 6. The normalized spacial score (nSPS) is 11.4. The molecule has 3 aromatic rings. The Morgan fingerprint density at radius 2 is 2.03 bits per heavy atom. The van der Waals surface area contributed by atoms with E-state index in [9.17, 15) is 14.4 Å². The topological polar surface area (TPSA) is 118 Å². The molecule has 0 bridgehead atoms. The van der Waals surface area contributed by atoms with Gasteiger partial charge in [0, 0.05) is 19.3 Å². The van der Waals surface area contributed by atoms with Crippen molar-refractivity contribution in [2.75, 3.05) is 18.9 Å². The molecule has 3 aromatic heterocycles. The Hall–Kier alpha value is -3.27. The number of carbonyl (C=O) groups excluding carboxylic acids is 1. The van der Waals surface area contributed by atoms with Gasteiger partial charge in [-0.2, -0.15) is 0 Å². The molecule has 0 spiro atoms. The maximum absolute atomic E-state index is 12.3. The van der Waals surface area contributed by atoms with E-state index in [2.05, 4.69) is 20.3 Å². The van der Waals surface area contributed by atoms with Crippen LogP contribution in [0.3, 0.4) is 0 Å². The standard InChI is InChI=1S/C20H27N7O3/c1-5-6-10-27-18-17(19(29)24-20(27)30)26(4)15(23-18)11-25(3)12-16(28)22-14-9-7-8-13(2)21-14/h7-9H,5-6,10-12H2,1-4H3,(H,21,22,28)(H,24,29,30). The molecule has 30 heavy (non-hydrogen) atoms. The summed E-state index contributed by atoms with van der Waals surface area (Å²) in [6.07, 6.45) is 1.72. The lowest BCUT2D eigenvalue weighted by Gasteiger charge is -2.15. The number of carbonyl (C=O) groups is 1. The largest absolute Gasteiger partial charge is 0.330 e. The molecule has 0 aliphatic heterocycles. The van der Waals surface area contributed by atoms with Crippen LogP contribution in [0, 0.1) is 6.92 Å². The summed E-state index contributed by atoms with van der Waals surface area (Å²) in [5.41, 5.74) is 0.623. The number of unbranched alkanes of at least 4 members (excludes halogenated alkanes) is 1. The van der Waals surface area contributed by atoms with E-state index in [4.69, 9.17) is 0 Å². The van der Waals surface area contributed by atoms with Gasteiger partial charge in [0.15, 0.2) is 11.2 Å². The van der Waals surface area contributed by atoms with Gasteiger partial charge in [-0.15, -0.1) is 0 Å². The molecular formula is C20H27N7O3. The minimum Gasteiger partial charge on any atom is -0.324 e.